The monoisotopic (exact) mass is 482 g/mol. The molecule has 0 fully saturated rings. The summed E-state index contributed by atoms with van der Waals surface area (Å²) in [6.45, 7) is 8.71. The fourth-order valence-electron chi connectivity index (χ4n) is 3.48. The largest absolute Gasteiger partial charge is 0.475 e. The molecule has 3 rings (SSSR count). The zero-order valence-corrected chi connectivity index (χ0v) is 19.7. The molecule has 0 bridgehead atoms. The molecule has 0 unspecified atom stereocenters. The molecule has 7 nitrogen and oxygen atoms in total. The maximum absolute atomic E-state index is 14.7. The molecule has 3 aromatic rings. The fraction of sp³-hybridized carbons (Fsp3) is 0.364. The predicted octanol–water partition coefficient (Wildman–Crippen LogP) is 4.26. The van der Waals surface area contributed by atoms with Gasteiger partial charge < -0.3 is 4.74 Å². The van der Waals surface area contributed by atoms with E-state index in [0.717, 1.165) is 10.9 Å². The molecule has 0 aliphatic heterocycles. The number of hydrogen-bond donors (Lipinski definition) is 1. The van der Waals surface area contributed by atoms with Gasteiger partial charge in [-0.25, -0.2) is 31.7 Å². The minimum Gasteiger partial charge on any atom is -0.475 e. The number of benzene rings is 1. The number of hydrogen-bond acceptors (Lipinski definition) is 5. The number of sulfonamides is 1. The van der Waals surface area contributed by atoms with Gasteiger partial charge in [0.15, 0.2) is 17.5 Å². The lowest BCUT2D eigenvalue weighted by molar-refractivity contribution is 0.164. The molecule has 0 saturated heterocycles. The Balaban J connectivity index is 1.91. The van der Waals surface area contributed by atoms with E-state index in [-0.39, 0.29) is 24.0 Å². The molecule has 0 radical (unpaired) electrons. The van der Waals surface area contributed by atoms with Crippen LogP contribution in [0.5, 0.6) is 5.88 Å². The number of rotatable bonds is 7. The van der Waals surface area contributed by atoms with E-state index in [2.05, 4.69) is 10.1 Å². The Labute approximate surface area is 190 Å². The molecule has 0 aliphatic rings. The Kier molecular flexibility index (Phi) is 6.58. The third-order valence-corrected chi connectivity index (χ3v) is 6.08. The van der Waals surface area contributed by atoms with Crippen LogP contribution in [0.3, 0.4) is 0 Å². The highest BCUT2D eigenvalue weighted by atomic mass is 32.2. The quantitative estimate of drug-likeness (QED) is 0.543. The minimum atomic E-state index is -4.32. The lowest BCUT2D eigenvalue weighted by Crippen LogP contribution is -2.34. The third-order valence-electron chi connectivity index (χ3n) is 5.27. The van der Waals surface area contributed by atoms with Crippen LogP contribution >= 0.6 is 0 Å². The van der Waals surface area contributed by atoms with Gasteiger partial charge in [0, 0.05) is 17.8 Å². The standard InChI is InChI=1S/C22H25F3N4O3S/c1-12(2)15-9-16(23)20(25)19(13(15)3)14-6-7-27-18(8-14)32-11-22(4,5)29-10-17(24)21(28-29)33(26,30)31/h6-10,12H,11H2,1-5H3,(H2,26,30,31). The van der Waals surface area contributed by atoms with E-state index in [1.807, 2.05) is 13.8 Å². The second kappa shape index (κ2) is 8.79. The molecule has 0 aliphatic carbocycles. The SMILES string of the molecule is Cc1c(C(C)C)cc(F)c(F)c1-c1ccnc(OCC(C)(C)n2cc(F)c(S(N)(=O)=O)n2)c1. The minimum absolute atomic E-state index is 0.00565. The third kappa shape index (κ3) is 5.03. The van der Waals surface area contributed by atoms with Crippen LogP contribution in [-0.2, 0) is 15.6 Å². The second-order valence-electron chi connectivity index (χ2n) is 8.67. The molecule has 0 atom stereocenters. The summed E-state index contributed by atoms with van der Waals surface area (Å²) in [7, 11) is -4.32. The van der Waals surface area contributed by atoms with Gasteiger partial charge in [-0.1, -0.05) is 13.8 Å². The number of ether oxygens (including phenoxy) is 1. The first-order chi connectivity index (χ1) is 15.2. The van der Waals surface area contributed by atoms with Crippen molar-refractivity contribution in [2.24, 2.45) is 5.14 Å². The van der Waals surface area contributed by atoms with E-state index in [0.29, 0.717) is 16.7 Å². The Morgan fingerprint density at radius 3 is 2.42 bits per heavy atom. The van der Waals surface area contributed by atoms with Gasteiger partial charge >= 0.3 is 0 Å². The molecule has 2 heterocycles. The molecular weight excluding hydrogens is 457 g/mol. The lowest BCUT2D eigenvalue weighted by Gasteiger charge is -2.25. The van der Waals surface area contributed by atoms with Crippen molar-refractivity contribution in [3.63, 3.8) is 0 Å². The summed E-state index contributed by atoms with van der Waals surface area (Å²) in [6, 6.07) is 4.23. The molecule has 2 aromatic heterocycles. The van der Waals surface area contributed by atoms with Crippen molar-refractivity contribution in [3.8, 4) is 17.0 Å². The van der Waals surface area contributed by atoms with Crippen LogP contribution in [0.1, 0.15) is 44.7 Å². The zero-order chi connectivity index (χ0) is 24.7. The number of nitrogens with zero attached hydrogens (tertiary/aromatic N) is 3. The predicted molar refractivity (Wildman–Crippen MR) is 117 cm³/mol. The van der Waals surface area contributed by atoms with E-state index in [9.17, 15) is 21.6 Å². The summed E-state index contributed by atoms with van der Waals surface area (Å²) in [4.78, 5) is 4.10. The number of primary sulfonamides is 1. The molecule has 178 valence electrons. The summed E-state index contributed by atoms with van der Waals surface area (Å²) in [5.74, 6) is -2.87. The van der Waals surface area contributed by atoms with Crippen molar-refractivity contribution >= 4 is 10.0 Å². The Bertz CT molecular complexity index is 1300. The fourth-order valence-corrected chi connectivity index (χ4v) is 4.01. The van der Waals surface area contributed by atoms with Crippen LogP contribution in [0.4, 0.5) is 13.2 Å². The van der Waals surface area contributed by atoms with Crippen LogP contribution in [0.15, 0.2) is 35.6 Å². The van der Waals surface area contributed by atoms with Crippen LogP contribution in [0.2, 0.25) is 0 Å². The van der Waals surface area contributed by atoms with Crippen molar-refractivity contribution in [3.05, 3.63) is 59.2 Å². The molecular formula is C22H25F3N4O3S. The smallest absolute Gasteiger partial charge is 0.260 e. The molecule has 1 aromatic carbocycles. The average Bonchev–Trinajstić information content (AvgIpc) is 3.13. The summed E-state index contributed by atoms with van der Waals surface area (Å²) in [5, 5.41) is 7.83. The van der Waals surface area contributed by atoms with Crippen molar-refractivity contribution < 1.29 is 26.3 Å². The highest BCUT2D eigenvalue weighted by Gasteiger charge is 2.28. The normalized spacial score (nSPS) is 12.4. The zero-order valence-electron chi connectivity index (χ0n) is 18.9. The molecule has 0 amide bonds. The van der Waals surface area contributed by atoms with E-state index < -0.39 is 38.0 Å². The molecule has 2 N–H and O–H groups in total. The van der Waals surface area contributed by atoms with Gasteiger partial charge in [-0.15, -0.1) is 0 Å². The van der Waals surface area contributed by atoms with Crippen molar-refractivity contribution in [1.82, 2.24) is 14.8 Å². The van der Waals surface area contributed by atoms with Crippen LogP contribution < -0.4 is 9.88 Å². The number of halogens is 3. The van der Waals surface area contributed by atoms with E-state index in [1.165, 1.54) is 18.3 Å². The van der Waals surface area contributed by atoms with Gasteiger partial charge in [-0.2, -0.15) is 5.10 Å². The first kappa shape index (κ1) is 24.7. The first-order valence-electron chi connectivity index (χ1n) is 10.1. The van der Waals surface area contributed by atoms with E-state index in [4.69, 9.17) is 9.88 Å². The maximum Gasteiger partial charge on any atom is 0.260 e. The molecule has 11 heteroatoms. The first-order valence-corrected chi connectivity index (χ1v) is 11.6. The number of nitrogens with two attached hydrogens (primary N) is 1. The Morgan fingerprint density at radius 1 is 1.18 bits per heavy atom. The average molecular weight is 483 g/mol. The van der Waals surface area contributed by atoms with Crippen molar-refractivity contribution in [2.75, 3.05) is 6.61 Å². The highest BCUT2D eigenvalue weighted by molar-refractivity contribution is 7.89. The molecule has 0 saturated carbocycles. The van der Waals surface area contributed by atoms with Gasteiger partial charge in [-0.3, -0.25) is 4.68 Å². The number of aromatic nitrogens is 3. The topological polar surface area (TPSA) is 100 Å². The van der Waals surface area contributed by atoms with Crippen molar-refractivity contribution in [1.29, 1.82) is 0 Å². The van der Waals surface area contributed by atoms with E-state index in [1.54, 1.807) is 26.8 Å². The highest BCUT2D eigenvalue weighted by Crippen LogP contribution is 2.34. The maximum atomic E-state index is 14.7. The van der Waals surface area contributed by atoms with Crippen LogP contribution in [0, 0.1) is 24.4 Å². The van der Waals surface area contributed by atoms with Gasteiger partial charge in [0.05, 0.1) is 11.7 Å². The number of pyridine rings is 1. The van der Waals surface area contributed by atoms with Gasteiger partial charge in [-0.05, 0) is 55.5 Å². The lowest BCUT2D eigenvalue weighted by atomic mass is 9.90. The summed E-state index contributed by atoms with van der Waals surface area (Å²) < 4.78 is 72.7. The summed E-state index contributed by atoms with van der Waals surface area (Å²) in [5.41, 5.74) is 0.819. The Morgan fingerprint density at radius 2 is 1.85 bits per heavy atom. The van der Waals surface area contributed by atoms with E-state index >= 15 is 0 Å². The van der Waals surface area contributed by atoms with Gasteiger partial charge in [0.25, 0.3) is 10.0 Å². The van der Waals surface area contributed by atoms with Gasteiger partial charge in [0.1, 0.15) is 6.61 Å². The van der Waals surface area contributed by atoms with Crippen LogP contribution in [-0.4, -0.2) is 29.8 Å². The Hall–Kier alpha value is -2.92. The summed E-state index contributed by atoms with van der Waals surface area (Å²) >= 11 is 0. The van der Waals surface area contributed by atoms with Crippen LogP contribution in [0.25, 0.3) is 11.1 Å². The molecule has 33 heavy (non-hydrogen) atoms. The molecule has 0 spiro atoms. The second-order valence-corrected chi connectivity index (χ2v) is 10.1. The van der Waals surface area contributed by atoms with Gasteiger partial charge in [0.2, 0.25) is 10.9 Å². The summed E-state index contributed by atoms with van der Waals surface area (Å²) in [6.07, 6.45) is 2.31. The van der Waals surface area contributed by atoms with Crippen molar-refractivity contribution in [2.45, 2.75) is 51.1 Å².